The van der Waals surface area contributed by atoms with E-state index in [2.05, 4.69) is 21.2 Å². The van der Waals surface area contributed by atoms with Crippen LogP contribution in [0.2, 0.25) is 0 Å². The third-order valence-electron chi connectivity index (χ3n) is 7.18. The fourth-order valence-electron chi connectivity index (χ4n) is 5.23. The molecule has 1 saturated heterocycles. The van der Waals surface area contributed by atoms with E-state index in [9.17, 15) is 19.2 Å². The number of fused-ring (bicyclic) bond motifs is 1. The molecule has 1 fully saturated rings. The molecule has 4 amide bonds. The third kappa shape index (κ3) is 7.24. The van der Waals surface area contributed by atoms with Gasteiger partial charge in [-0.3, -0.25) is 24.1 Å². The number of imide groups is 1. The number of benzene rings is 2. The normalized spacial score (nSPS) is 19.5. The van der Waals surface area contributed by atoms with Crippen molar-refractivity contribution in [2.24, 2.45) is 11.8 Å². The zero-order valence-electron chi connectivity index (χ0n) is 22.7. The number of halogens is 1. The summed E-state index contributed by atoms with van der Waals surface area (Å²) in [7, 11) is 0. The Balaban J connectivity index is 1.60. The lowest BCUT2D eigenvalue weighted by Gasteiger charge is -2.34. The maximum Gasteiger partial charge on any atom is 0.243 e. The van der Waals surface area contributed by atoms with Crippen LogP contribution in [0.25, 0.3) is 0 Å². The van der Waals surface area contributed by atoms with Gasteiger partial charge in [-0.1, -0.05) is 70.5 Å². The average Bonchev–Trinajstić information content (AvgIpc) is 3.14. The standard InChI is InChI=1S/C31H36BrN3O4/c1-31(2,3)33-28(37)26(19-21-9-5-4-6-10-21)35(20-22-13-15-23(32)16-14-22)27(36)17-18-34-29(38)24-11-7-8-12-25(24)30(34)39/h4-10,13-16,24-26H,11-12,17-20H2,1-3H3,(H,33,37)/t24-,25+,26-/m0/s1. The molecule has 2 aromatic carbocycles. The van der Waals surface area contributed by atoms with Crippen LogP contribution in [-0.2, 0) is 32.1 Å². The summed E-state index contributed by atoms with van der Waals surface area (Å²) in [5.41, 5.74) is 1.32. The maximum absolute atomic E-state index is 13.9. The fourth-order valence-corrected chi connectivity index (χ4v) is 5.50. The van der Waals surface area contributed by atoms with E-state index in [4.69, 9.17) is 0 Å². The molecule has 1 aliphatic heterocycles. The lowest BCUT2D eigenvalue weighted by atomic mass is 9.85. The van der Waals surface area contributed by atoms with Gasteiger partial charge in [-0.25, -0.2) is 0 Å². The van der Waals surface area contributed by atoms with Crippen LogP contribution in [0, 0.1) is 11.8 Å². The van der Waals surface area contributed by atoms with Crippen LogP contribution >= 0.6 is 15.9 Å². The molecule has 2 aliphatic rings. The summed E-state index contributed by atoms with van der Waals surface area (Å²) in [5.74, 6) is -1.60. The van der Waals surface area contributed by atoms with Crippen molar-refractivity contribution in [3.8, 4) is 0 Å². The fraction of sp³-hybridized carbons (Fsp3) is 0.419. The Morgan fingerprint density at radius 1 is 0.949 bits per heavy atom. The molecular formula is C31H36BrN3O4. The lowest BCUT2D eigenvalue weighted by Crippen LogP contribution is -2.54. The number of allylic oxidation sites excluding steroid dienone is 2. The highest BCUT2D eigenvalue weighted by molar-refractivity contribution is 9.10. The Bertz CT molecular complexity index is 1210. The highest BCUT2D eigenvalue weighted by atomic mass is 79.9. The Morgan fingerprint density at radius 2 is 1.54 bits per heavy atom. The van der Waals surface area contributed by atoms with E-state index < -0.39 is 11.6 Å². The van der Waals surface area contributed by atoms with Crippen molar-refractivity contribution in [1.82, 2.24) is 15.1 Å². The number of carbonyl (C=O) groups is 4. The van der Waals surface area contributed by atoms with Gasteiger partial charge in [-0.2, -0.15) is 0 Å². The molecule has 1 heterocycles. The SMILES string of the molecule is CC(C)(C)NC(=O)[C@H](Cc1ccccc1)N(Cc1ccc(Br)cc1)C(=O)CCN1C(=O)[C@H]2CC=CC[C@H]2C1=O. The van der Waals surface area contributed by atoms with Crippen molar-refractivity contribution in [3.63, 3.8) is 0 Å². The Hall–Kier alpha value is -3.26. The minimum atomic E-state index is -0.778. The largest absolute Gasteiger partial charge is 0.350 e. The summed E-state index contributed by atoms with van der Waals surface area (Å²) in [5, 5.41) is 3.05. The van der Waals surface area contributed by atoms with Gasteiger partial charge in [-0.05, 0) is 56.9 Å². The van der Waals surface area contributed by atoms with Crippen molar-refractivity contribution in [3.05, 3.63) is 82.3 Å². The number of hydrogen-bond acceptors (Lipinski definition) is 4. The Labute approximate surface area is 238 Å². The minimum absolute atomic E-state index is 0.0132. The smallest absolute Gasteiger partial charge is 0.243 e. The molecule has 206 valence electrons. The van der Waals surface area contributed by atoms with Gasteiger partial charge < -0.3 is 10.2 Å². The predicted octanol–water partition coefficient (Wildman–Crippen LogP) is 4.65. The molecular weight excluding hydrogens is 558 g/mol. The van der Waals surface area contributed by atoms with Crippen molar-refractivity contribution < 1.29 is 19.2 Å². The van der Waals surface area contributed by atoms with Gasteiger partial charge in [0.2, 0.25) is 23.6 Å². The predicted molar refractivity (Wildman–Crippen MR) is 153 cm³/mol. The minimum Gasteiger partial charge on any atom is -0.350 e. The molecule has 0 radical (unpaired) electrons. The van der Waals surface area contributed by atoms with Crippen molar-refractivity contribution >= 4 is 39.6 Å². The summed E-state index contributed by atoms with van der Waals surface area (Å²) < 4.78 is 0.914. The highest BCUT2D eigenvalue weighted by Gasteiger charge is 2.47. The number of nitrogens with zero attached hydrogens (tertiary/aromatic N) is 2. The van der Waals surface area contributed by atoms with Crippen LogP contribution in [0.1, 0.15) is 51.2 Å². The molecule has 0 spiro atoms. The number of amides is 4. The van der Waals surface area contributed by atoms with Gasteiger partial charge in [0.25, 0.3) is 0 Å². The lowest BCUT2D eigenvalue weighted by molar-refractivity contribution is -0.144. The van der Waals surface area contributed by atoms with E-state index in [-0.39, 0.29) is 55.0 Å². The first-order valence-corrected chi connectivity index (χ1v) is 14.2. The van der Waals surface area contributed by atoms with Gasteiger partial charge >= 0.3 is 0 Å². The van der Waals surface area contributed by atoms with E-state index >= 15 is 0 Å². The number of likely N-dealkylation sites (tertiary alicyclic amines) is 1. The molecule has 0 unspecified atom stereocenters. The van der Waals surface area contributed by atoms with E-state index in [0.717, 1.165) is 15.6 Å². The molecule has 0 saturated carbocycles. The van der Waals surface area contributed by atoms with E-state index in [0.29, 0.717) is 19.3 Å². The monoisotopic (exact) mass is 593 g/mol. The second-order valence-corrected chi connectivity index (χ2v) is 12.2. The Kier molecular flexibility index (Phi) is 9.05. The summed E-state index contributed by atoms with van der Waals surface area (Å²) in [6, 6.07) is 16.5. The number of nitrogens with one attached hydrogen (secondary N) is 1. The highest BCUT2D eigenvalue weighted by Crippen LogP contribution is 2.35. The molecule has 3 atom stereocenters. The molecule has 7 nitrogen and oxygen atoms in total. The van der Waals surface area contributed by atoms with Crippen molar-refractivity contribution in [1.29, 1.82) is 0 Å². The van der Waals surface area contributed by atoms with Crippen LogP contribution in [0.5, 0.6) is 0 Å². The van der Waals surface area contributed by atoms with Crippen LogP contribution in [-0.4, -0.2) is 51.6 Å². The molecule has 0 aromatic heterocycles. The summed E-state index contributed by atoms with van der Waals surface area (Å²) in [6.45, 7) is 5.95. The zero-order chi connectivity index (χ0) is 28.2. The summed E-state index contributed by atoms with van der Waals surface area (Å²) in [6.07, 6.45) is 5.30. The van der Waals surface area contributed by atoms with Crippen molar-refractivity contribution in [2.75, 3.05) is 6.54 Å². The molecule has 4 rings (SSSR count). The number of rotatable bonds is 9. The first kappa shape index (κ1) is 28.7. The van der Waals surface area contributed by atoms with Gasteiger partial charge in [0.1, 0.15) is 6.04 Å². The van der Waals surface area contributed by atoms with Gasteiger partial charge in [0.15, 0.2) is 0 Å². The second-order valence-electron chi connectivity index (χ2n) is 11.3. The number of carbonyl (C=O) groups excluding carboxylic acids is 4. The molecule has 2 aromatic rings. The first-order chi connectivity index (χ1) is 18.5. The topological polar surface area (TPSA) is 86.8 Å². The second kappa shape index (κ2) is 12.3. The molecule has 8 heteroatoms. The maximum atomic E-state index is 13.9. The van der Waals surface area contributed by atoms with Crippen LogP contribution < -0.4 is 5.32 Å². The Morgan fingerprint density at radius 3 is 2.10 bits per heavy atom. The zero-order valence-corrected chi connectivity index (χ0v) is 24.3. The van der Waals surface area contributed by atoms with E-state index in [1.54, 1.807) is 4.90 Å². The molecule has 1 N–H and O–H groups in total. The molecule has 39 heavy (non-hydrogen) atoms. The van der Waals surface area contributed by atoms with Crippen LogP contribution in [0.3, 0.4) is 0 Å². The molecule has 0 bridgehead atoms. The summed E-state index contributed by atoms with van der Waals surface area (Å²) in [4.78, 5) is 56.3. The van der Waals surface area contributed by atoms with Crippen LogP contribution in [0.4, 0.5) is 0 Å². The first-order valence-electron chi connectivity index (χ1n) is 13.4. The average molecular weight is 595 g/mol. The van der Waals surface area contributed by atoms with E-state index in [1.807, 2.05) is 87.5 Å². The third-order valence-corrected chi connectivity index (χ3v) is 7.71. The van der Waals surface area contributed by atoms with Gasteiger partial charge in [0.05, 0.1) is 11.8 Å². The number of hydrogen-bond donors (Lipinski definition) is 1. The van der Waals surface area contributed by atoms with Crippen molar-refractivity contribution in [2.45, 2.75) is 64.6 Å². The van der Waals surface area contributed by atoms with E-state index in [1.165, 1.54) is 4.90 Å². The van der Waals surface area contributed by atoms with Gasteiger partial charge in [-0.15, -0.1) is 0 Å². The van der Waals surface area contributed by atoms with Crippen LogP contribution in [0.15, 0.2) is 71.2 Å². The van der Waals surface area contributed by atoms with Gasteiger partial charge in [0, 0.05) is 35.9 Å². The summed E-state index contributed by atoms with van der Waals surface area (Å²) >= 11 is 3.45. The molecule has 1 aliphatic carbocycles. The quantitative estimate of drug-likeness (QED) is 0.339.